The Kier molecular flexibility index (Phi) is 5.37. The Morgan fingerprint density at radius 2 is 1.94 bits per heavy atom. The highest BCUT2D eigenvalue weighted by molar-refractivity contribution is 6.30. The number of Topliss-reactive ketones (excluding diaryl/α,β-unsaturated/α-hetero) is 1. The maximum absolute atomic E-state index is 12.6. The van der Waals surface area contributed by atoms with E-state index in [9.17, 15) is 19.5 Å². The molecule has 1 aromatic heterocycles. The van der Waals surface area contributed by atoms with Crippen LogP contribution >= 0.6 is 11.6 Å². The predicted octanol–water partition coefficient (Wildman–Crippen LogP) is 4.33. The van der Waals surface area contributed by atoms with E-state index >= 15 is 0 Å². The summed E-state index contributed by atoms with van der Waals surface area (Å²) in [6.45, 7) is 1.28. The Hall–Kier alpha value is -3.45. The molecule has 2 atom stereocenters. The Balaban J connectivity index is 1.53. The first-order valence-electron chi connectivity index (χ1n) is 9.64. The van der Waals surface area contributed by atoms with Gasteiger partial charge in [-0.25, -0.2) is 4.98 Å². The van der Waals surface area contributed by atoms with Crippen molar-refractivity contribution >= 4 is 29.3 Å². The summed E-state index contributed by atoms with van der Waals surface area (Å²) in [6, 6.07) is 15.3. The van der Waals surface area contributed by atoms with Gasteiger partial charge >= 0.3 is 5.97 Å². The van der Waals surface area contributed by atoms with Crippen LogP contribution in [-0.2, 0) is 4.79 Å². The summed E-state index contributed by atoms with van der Waals surface area (Å²) in [6.07, 6.45) is 1.42. The lowest BCUT2D eigenvalue weighted by molar-refractivity contribution is -0.137. The van der Waals surface area contributed by atoms with Crippen LogP contribution in [-0.4, -0.2) is 33.3 Å². The number of hydrogen-bond acceptors (Lipinski definition) is 5. The van der Waals surface area contributed by atoms with Crippen molar-refractivity contribution in [1.29, 1.82) is 0 Å². The van der Waals surface area contributed by atoms with Crippen LogP contribution in [0.5, 0.6) is 0 Å². The van der Waals surface area contributed by atoms with Gasteiger partial charge in [-0.05, 0) is 35.2 Å². The van der Waals surface area contributed by atoms with Gasteiger partial charge in [0.05, 0.1) is 18.2 Å². The van der Waals surface area contributed by atoms with Gasteiger partial charge in [-0.3, -0.25) is 14.4 Å². The first kappa shape index (κ1) is 20.8. The number of carboxylic acids is 1. The van der Waals surface area contributed by atoms with Crippen LogP contribution in [0.3, 0.4) is 0 Å². The molecule has 0 radical (unpaired) electrons. The average Bonchev–Trinajstić information content (AvgIpc) is 3.17. The van der Waals surface area contributed by atoms with E-state index < -0.39 is 23.2 Å². The zero-order valence-electron chi connectivity index (χ0n) is 16.6. The van der Waals surface area contributed by atoms with Gasteiger partial charge in [0.2, 0.25) is 11.5 Å². The highest BCUT2D eigenvalue weighted by Gasteiger charge is 2.57. The number of aromatic nitrogens is 1. The number of benzene rings is 2. The van der Waals surface area contributed by atoms with E-state index in [0.29, 0.717) is 11.4 Å². The third-order valence-corrected chi connectivity index (χ3v) is 5.64. The van der Waals surface area contributed by atoms with Crippen molar-refractivity contribution < 1.29 is 23.9 Å². The SMILES string of the molecule is CC(=O)c1ncc(C(=O)NC2(CC(=O)O)CC2c2ccc(-c3cccc(Cl)c3)cc2)o1. The molecule has 1 aliphatic rings. The van der Waals surface area contributed by atoms with Crippen molar-refractivity contribution in [2.24, 2.45) is 0 Å². The molecule has 0 bridgehead atoms. The standard InChI is InChI=1S/C23H19ClN2O5/c1-13(27)22-25-12-19(31-22)21(30)26-23(11-20(28)29)10-18(23)15-7-5-14(6-8-15)16-3-2-4-17(24)9-16/h2-9,12,18H,10-11H2,1H3,(H,26,30)(H,28,29). The number of halogens is 1. The van der Waals surface area contributed by atoms with E-state index in [4.69, 9.17) is 16.0 Å². The molecule has 1 saturated carbocycles. The average molecular weight is 439 g/mol. The summed E-state index contributed by atoms with van der Waals surface area (Å²) in [4.78, 5) is 39.2. The summed E-state index contributed by atoms with van der Waals surface area (Å²) in [5.74, 6) is -2.46. The number of amides is 1. The van der Waals surface area contributed by atoms with Crippen LogP contribution in [0.25, 0.3) is 11.1 Å². The molecule has 2 unspecified atom stereocenters. The van der Waals surface area contributed by atoms with Crippen LogP contribution in [0.2, 0.25) is 5.02 Å². The summed E-state index contributed by atoms with van der Waals surface area (Å²) in [7, 11) is 0. The van der Waals surface area contributed by atoms with Gasteiger partial charge < -0.3 is 14.8 Å². The molecule has 158 valence electrons. The predicted molar refractivity (Wildman–Crippen MR) is 113 cm³/mol. The van der Waals surface area contributed by atoms with Gasteiger partial charge in [0, 0.05) is 17.9 Å². The molecule has 8 heteroatoms. The van der Waals surface area contributed by atoms with Crippen molar-refractivity contribution in [3.8, 4) is 11.1 Å². The molecule has 0 aliphatic heterocycles. The smallest absolute Gasteiger partial charge is 0.305 e. The van der Waals surface area contributed by atoms with Crippen LogP contribution < -0.4 is 5.32 Å². The number of hydrogen-bond donors (Lipinski definition) is 2. The minimum Gasteiger partial charge on any atom is -0.481 e. The minimum absolute atomic E-state index is 0.128. The number of aliphatic carboxylic acids is 1. The molecule has 0 spiro atoms. The second-order valence-electron chi connectivity index (χ2n) is 7.66. The van der Waals surface area contributed by atoms with Crippen molar-refractivity contribution in [3.05, 3.63) is 77.0 Å². The topological polar surface area (TPSA) is 110 Å². The third-order valence-electron chi connectivity index (χ3n) is 5.41. The first-order chi connectivity index (χ1) is 14.8. The second kappa shape index (κ2) is 8.00. The van der Waals surface area contributed by atoms with E-state index in [1.165, 1.54) is 6.92 Å². The molecule has 3 aromatic rings. The van der Waals surface area contributed by atoms with Crippen molar-refractivity contribution in [2.45, 2.75) is 31.2 Å². The van der Waals surface area contributed by atoms with Gasteiger partial charge in [-0.2, -0.15) is 0 Å². The maximum atomic E-state index is 12.6. The quantitative estimate of drug-likeness (QED) is 0.531. The van der Waals surface area contributed by atoms with E-state index in [1.54, 1.807) is 6.07 Å². The summed E-state index contributed by atoms with van der Waals surface area (Å²) in [5.41, 5.74) is 1.96. The number of carbonyl (C=O) groups excluding carboxylic acids is 2. The monoisotopic (exact) mass is 438 g/mol. The molecule has 4 rings (SSSR count). The number of carbonyl (C=O) groups is 3. The largest absolute Gasteiger partial charge is 0.481 e. The van der Waals surface area contributed by atoms with Crippen molar-refractivity contribution in [1.82, 2.24) is 10.3 Å². The van der Waals surface area contributed by atoms with Gasteiger partial charge in [0.15, 0.2) is 0 Å². The van der Waals surface area contributed by atoms with Gasteiger partial charge in [0.25, 0.3) is 11.8 Å². The molecule has 0 saturated heterocycles. The maximum Gasteiger partial charge on any atom is 0.305 e. The fourth-order valence-corrected chi connectivity index (χ4v) is 3.99. The fourth-order valence-electron chi connectivity index (χ4n) is 3.80. The van der Waals surface area contributed by atoms with Crippen LogP contribution in [0, 0.1) is 0 Å². The number of nitrogens with zero attached hydrogens (tertiary/aromatic N) is 1. The van der Waals surface area contributed by atoms with E-state index in [1.807, 2.05) is 42.5 Å². The first-order valence-corrected chi connectivity index (χ1v) is 10.0. The Morgan fingerprint density at radius 3 is 2.55 bits per heavy atom. The molecule has 2 N–H and O–H groups in total. The lowest BCUT2D eigenvalue weighted by atomic mass is 9.99. The molecular formula is C23H19ClN2O5. The molecule has 1 aliphatic carbocycles. The second-order valence-corrected chi connectivity index (χ2v) is 8.09. The number of carboxylic acid groups (broad SMARTS) is 1. The molecule has 2 aromatic carbocycles. The molecule has 1 fully saturated rings. The third kappa shape index (κ3) is 4.36. The Labute approximate surface area is 183 Å². The zero-order valence-corrected chi connectivity index (χ0v) is 17.3. The van der Waals surface area contributed by atoms with Gasteiger partial charge in [0.1, 0.15) is 0 Å². The molecule has 1 heterocycles. The number of oxazole rings is 1. The highest BCUT2D eigenvalue weighted by Crippen LogP contribution is 2.54. The molecule has 1 amide bonds. The number of ketones is 1. The van der Waals surface area contributed by atoms with E-state index in [-0.39, 0.29) is 24.0 Å². The van der Waals surface area contributed by atoms with Gasteiger partial charge in [-0.15, -0.1) is 0 Å². The minimum atomic E-state index is -1.01. The Bertz CT molecular complexity index is 1170. The van der Waals surface area contributed by atoms with Crippen molar-refractivity contribution in [3.63, 3.8) is 0 Å². The lowest BCUT2D eigenvalue weighted by Crippen LogP contribution is -2.40. The Morgan fingerprint density at radius 1 is 1.19 bits per heavy atom. The lowest BCUT2D eigenvalue weighted by Gasteiger charge is -2.17. The summed E-state index contributed by atoms with van der Waals surface area (Å²) < 4.78 is 5.17. The van der Waals surface area contributed by atoms with Crippen LogP contribution in [0.4, 0.5) is 0 Å². The zero-order chi connectivity index (χ0) is 22.2. The van der Waals surface area contributed by atoms with E-state index in [2.05, 4.69) is 10.3 Å². The van der Waals surface area contributed by atoms with Gasteiger partial charge in [-0.1, -0.05) is 48.0 Å². The van der Waals surface area contributed by atoms with Crippen LogP contribution in [0.15, 0.2) is 59.1 Å². The van der Waals surface area contributed by atoms with E-state index in [0.717, 1.165) is 22.9 Å². The fraction of sp³-hybridized carbons (Fsp3) is 0.217. The normalized spacial score (nSPS) is 19.6. The number of nitrogens with one attached hydrogen (secondary N) is 1. The number of rotatable bonds is 7. The highest BCUT2D eigenvalue weighted by atomic mass is 35.5. The molecule has 31 heavy (non-hydrogen) atoms. The molecular weight excluding hydrogens is 420 g/mol. The van der Waals surface area contributed by atoms with Crippen molar-refractivity contribution in [2.75, 3.05) is 0 Å². The summed E-state index contributed by atoms with van der Waals surface area (Å²) >= 11 is 6.06. The van der Waals surface area contributed by atoms with Crippen LogP contribution in [0.1, 0.15) is 52.5 Å². The molecule has 7 nitrogen and oxygen atoms in total. The summed E-state index contributed by atoms with van der Waals surface area (Å²) in [5, 5.41) is 12.8.